The molecule has 1 aromatic carbocycles. The molecule has 0 aromatic heterocycles. The van der Waals surface area contributed by atoms with Crippen molar-refractivity contribution >= 4 is 21.8 Å². The first-order chi connectivity index (χ1) is 10.6. The second-order valence-electron chi connectivity index (χ2n) is 5.54. The van der Waals surface area contributed by atoms with E-state index in [1.54, 1.807) is 0 Å². The van der Waals surface area contributed by atoms with Gasteiger partial charge in [-0.1, -0.05) is 29.4 Å². The molecule has 0 spiro atoms. The first-order valence-electron chi connectivity index (χ1n) is 7.79. The topological polar surface area (TPSA) is 34.0 Å². The van der Waals surface area contributed by atoms with Crippen LogP contribution in [0.3, 0.4) is 0 Å². The van der Waals surface area contributed by atoms with E-state index in [2.05, 4.69) is 22.5 Å². The lowest BCUT2D eigenvalue weighted by Crippen LogP contribution is -3.14. The molecule has 0 bridgehead atoms. The van der Waals surface area contributed by atoms with Crippen LogP contribution in [-0.4, -0.2) is 49.6 Å². The van der Waals surface area contributed by atoms with Crippen molar-refractivity contribution in [3.8, 4) is 5.75 Å². The van der Waals surface area contributed by atoms with Crippen LogP contribution in [0.15, 0.2) is 41.4 Å². The molecule has 1 fully saturated rings. The fourth-order valence-electron chi connectivity index (χ4n) is 2.64. The minimum absolute atomic E-state index is 0.100. The third-order valence-corrected chi connectivity index (χ3v) is 4.48. The van der Waals surface area contributed by atoms with Crippen LogP contribution in [0.25, 0.3) is 0 Å². The number of rotatable bonds is 6. The van der Waals surface area contributed by atoms with E-state index in [4.69, 9.17) is 4.74 Å². The van der Waals surface area contributed by atoms with Crippen LogP contribution in [0.5, 0.6) is 5.75 Å². The Kier molecular flexibility index (Phi) is 6.46. The molecule has 1 N–H and O–H groups in total. The van der Waals surface area contributed by atoms with Gasteiger partial charge < -0.3 is 14.5 Å². The van der Waals surface area contributed by atoms with Gasteiger partial charge in [-0.15, -0.1) is 0 Å². The van der Waals surface area contributed by atoms with Crippen molar-refractivity contribution in [2.24, 2.45) is 0 Å². The largest absolute Gasteiger partial charge is 0.481 e. The van der Waals surface area contributed by atoms with E-state index >= 15 is 0 Å². The van der Waals surface area contributed by atoms with Crippen LogP contribution < -0.4 is 9.64 Å². The molecule has 1 aromatic rings. The van der Waals surface area contributed by atoms with Gasteiger partial charge in [0.25, 0.3) is 5.91 Å². The Labute approximate surface area is 140 Å². The Hall–Kier alpha value is -1.33. The van der Waals surface area contributed by atoms with Gasteiger partial charge in [0, 0.05) is 4.47 Å². The minimum Gasteiger partial charge on any atom is -0.481 e. The number of hydrogen-bond donors (Lipinski definition) is 1. The molecule has 120 valence electrons. The molecule has 2 rings (SSSR count). The highest BCUT2D eigenvalue weighted by Gasteiger charge is 2.28. The summed E-state index contributed by atoms with van der Waals surface area (Å²) in [4.78, 5) is 16.0. The van der Waals surface area contributed by atoms with Crippen molar-refractivity contribution in [3.63, 3.8) is 0 Å². The van der Waals surface area contributed by atoms with Crippen LogP contribution in [0.4, 0.5) is 0 Å². The second-order valence-corrected chi connectivity index (χ2v) is 6.45. The molecular formula is C17H24BrN2O2+. The van der Waals surface area contributed by atoms with E-state index in [1.807, 2.05) is 42.2 Å². The van der Waals surface area contributed by atoms with Crippen LogP contribution in [0.1, 0.15) is 13.3 Å². The molecule has 1 atom stereocenters. The fraction of sp³-hybridized carbons (Fsp3) is 0.471. The first kappa shape index (κ1) is 17.0. The lowest BCUT2D eigenvalue weighted by atomic mass is 10.2. The smallest absolute Gasteiger partial charge is 0.264 e. The summed E-state index contributed by atoms with van der Waals surface area (Å²) in [6.07, 6.45) is 2.22. The first-order valence-corrected chi connectivity index (χ1v) is 8.58. The van der Waals surface area contributed by atoms with Gasteiger partial charge in [0.05, 0.1) is 32.7 Å². The van der Waals surface area contributed by atoms with E-state index in [1.165, 1.54) is 4.90 Å². The number of carbonyl (C=O) groups excluding carboxylic acids is 1. The zero-order valence-electron chi connectivity index (χ0n) is 13.1. The Morgan fingerprint density at radius 1 is 1.41 bits per heavy atom. The van der Waals surface area contributed by atoms with Gasteiger partial charge in [-0.25, -0.2) is 0 Å². The van der Waals surface area contributed by atoms with Crippen LogP contribution >= 0.6 is 15.9 Å². The van der Waals surface area contributed by atoms with Crippen molar-refractivity contribution < 1.29 is 14.4 Å². The average Bonchev–Trinajstić information content (AvgIpc) is 2.55. The third-order valence-electron chi connectivity index (χ3n) is 3.95. The van der Waals surface area contributed by atoms with Crippen molar-refractivity contribution in [2.45, 2.75) is 19.4 Å². The predicted octanol–water partition coefficient (Wildman–Crippen LogP) is 1.52. The summed E-state index contributed by atoms with van der Waals surface area (Å²) in [6, 6.07) is 7.60. The molecule has 22 heavy (non-hydrogen) atoms. The fourth-order valence-corrected chi connectivity index (χ4v) is 2.91. The molecular weight excluding hydrogens is 344 g/mol. The molecule has 1 saturated heterocycles. The summed E-state index contributed by atoms with van der Waals surface area (Å²) < 4.78 is 6.87. The van der Waals surface area contributed by atoms with Gasteiger partial charge in [-0.2, -0.15) is 0 Å². The van der Waals surface area contributed by atoms with Crippen molar-refractivity contribution in [3.05, 3.63) is 41.4 Å². The maximum atomic E-state index is 12.6. The molecule has 5 heteroatoms. The number of halogens is 1. The van der Waals surface area contributed by atoms with Gasteiger partial charge in [-0.3, -0.25) is 4.79 Å². The van der Waals surface area contributed by atoms with Gasteiger partial charge >= 0.3 is 0 Å². The third kappa shape index (κ3) is 4.58. The van der Waals surface area contributed by atoms with E-state index in [0.29, 0.717) is 6.42 Å². The highest BCUT2D eigenvalue weighted by molar-refractivity contribution is 9.10. The number of hydrogen-bond acceptors (Lipinski definition) is 2. The summed E-state index contributed by atoms with van der Waals surface area (Å²) in [7, 11) is 0. The van der Waals surface area contributed by atoms with Gasteiger partial charge in [0.2, 0.25) is 0 Å². The highest BCUT2D eigenvalue weighted by atomic mass is 79.9. The molecule has 4 nitrogen and oxygen atoms in total. The van der Waals surface area contributed by atoms with Gasteiger partial charge in [-0.05, 0) is 36.8 Å². The molecule has 0 saturated carbocycles. The van der Waals surface area contributed by atoms with E-state index in [9.17, 15) is 4.79 Å². The van der Waals surface area contributed by atoms with E-state index in [-0.39, 0.29) is 5.91 Å². The lowest BCUT2D eigenvalue weighted by Gasteiger charge is -2.33. The number of nitrogens with zero attached hydrogens (tertiary/aromatic N) is 1. The van der Waals surface area contributed by atoms with Crippen LogP contribution in [0, 0.1) is 0 Å². The van der Waals surface area contributed by atoms with Gasteiger partial charge in [0.15, 0.2) is 6.10 Å². The predicted molar refractivity (Wildman–Crippen MR) is 91.2 cm³/mol. The molecule has 1 aliphatic heterocycles. The van der Waals surface area contributed by atoms with E-state index in [0.717, 1.165) is 42.9 Å². The molecule has 1 heterocycles. The standard InChI is InChI=1S/C17H23BrN2O2/c1-3-9-19-10-12-20(13-11-19)17(21)16(4-2)22-15-7-5-14(18)6-8-15/h3,5-8,16H,1,4,9-13H2,2H3/p+1/t16-/m1/s1. The lowest BCUT2D eigenvalue weighted by molar-refractivity contribution is -0.898. The normalized spacial score (nSPS) is 17.1. The Balaban J connectivity index is 1.91. The molecule has 0 radical (unpaired) electrons. The monoisotopic (exact) mass is 367 g/mol. The number of benzene rings is 1. The average molecular weight is 368 g/mol. The molecule has 1 aliphatic rings. The van der Waals surface area contributed by atoms with Crippen molar-refractivity contribution in [1.29, 1.82) is 0 Å². The summed E-state index contributed by atoms with van der Waals surface area (Å²) in [5.41, 5.74) is 0. The molecule has 1 amide bonds. The zero-order valence-corrected chi connectivity index (χ0v) is 14.6. The Morgan fingerprint density at radius 2 is 2.05 bits per heavy atom. The molecule has 0 unspecified atom stereocenters. The summed E-state index contributed by atoms with van der Waals surface area (Å²) in [5.74, 6) is 0.836. The number of nitrogens with one attached hydrogen (secondary N) is 1. The molecule has 0 aliphatic carbocycles. The van der Waals surface area contributed by atoms with Gasteiger partial charge in [0.1, 0.15) is 5.75 Å². The highest BCUT2D eigenvalue weighted by Crippen LogP contribution is 2.18. The quantitative estimate of drug-likeness (QED) is 0.773. The zero-order chi connectivity index (χ0) is 15.9. The van der Waals surface area contributed by atoms with Crippen LogP contribution in [0.2, 0.25) is 0 Å². The van der Waals surface area contributed by atoms with Crippen LogP contribution in [-0.2, 0) is 4.79 Å². The van der Waals surface area contributed by atoms with Crippen molar-refractivity contribution in [1.82, 2.24) is 4.90 Å². The summed E-state index contributed by atoms with van der Waals surface area (Å²) in [5, 5.41) is 0. The number of quaternary nitrogens is 1. The number of ether oxygens (including phenoxy) is 1. The maximum absolute atomic E-state index is 12.6. The van der Waals surface area contributed by atoms with E-state index < -0.39 is 6.10 Å². The second kappa shape index (κ2) is 8.34. The van der Waals surface area contributed by atoms with Crippen molar-refractivity contribution in [2.75, 3.05) is 32.7 Å². The number of carbonyl (C=O) groups is 1. The Bertz CT molecular complexity index is 496. The minimum atomic E-state index is -0.401. The summed E-state index contributed by atoms with van der Waals surface area (Å²) in [6.45, 7) is 10.3. The number of piperazine rings is 1. The SMILES string of the molecule is C=CC[NH+]1CCN(C(=O)[C@@H](CC)Oc2ccc(Br)cc2)CC1. The number of amides is 1. The maximum Gasteiger partial charge on any atom is 0.264 e. The summed E-state index contributed by atoms with van der Waals surface area (Å²) >= 11 is 3.40. The Morgan fingerprint density at radius 3 is 2.59 bits per heavy atom.